The molecule has 1 atom stereocenters. The van der Waals surface area contributed by atoms with E-state index in [1.165, 1.54) is 4.31 Å². The summed E-state index contributed by atoms with van der Waals surface area (Å²) in [4.78, 5) is 18.0. The number of carbonyl (C=O) groups excluding carboxylic acids is 1. The van der Waals surface area contributed by atoms with Gasteiger partial charge in [0.1, 0.15) is 0 Å². The zero-order chi connectivity index (χ0) is 25.2. The van der Waals surface area contributed by atoms with Crippen molar-refractivity contribution in [1.29, 1.82) is 0 Å². The topological polar surface area (TPSA) is 76.6 Å². The van der Waals surface area contributed by atoms with Crippen LogP contribution in [0.3, 0.4) is 0 Å². The van der Waals surface area contributed by atoms with Gasteiger partial charge >= 0.3 is 5.97 Å². The normalized spacial score (nSPS) is 16.1. The second kappa shape index (κ2) is 10.3. The molecule has 1 unspecified atom stereocenters. The Morgan fingerprint density at radius 1 is 0.943 bits per heavy atom. The number of esters is 1. The Morgan fingerprint density at radius 2 is 1.54 bits per heavy atom. The zero-order valence-electron chi connectivity index (χ0n) is 20.7. The lowest BCUT2D eigenvalue weighted by Crippen LogP contribution is -2.41. The summed E-state index contributed by atoms with van der Waals surface area (Å²) >= 11 is 0. The van der Waals surface area contributed by atoms with Gasteiger partial charge in [-0.2, -0.15) is 4.31 Å². The first kappa shape index (κ1) is 25.1. The maximum absolute atomic E-state index is 13.6. The van der Waals surface area contributed by atoms with Crippen molar-refractivity contribution in [1.82, 2.24) is 9.29 Å². The first-order valence-corrected chi connectivity index (χ1v) is 13.4. The lowest BCUT2D eigenvalue weighted by atomic mass is 9.98. The van der Waals surface area contributed by atoms with Gasteiger partial charge in [0.2, 0.25) is 10.0 Å². The van der Waals surface area contributed by atoms with Gasteiger partial charge in [-0.1, -0.05) is 42.5 Å². The molecule has 7 heteroatoms. The molecule has 0 amide bonds. The van der Waals surface area contributed by atoms with Gasteiger partial charge in [0.15, 0.2) is 6.10 Å². The Balaban J connectivity index is 1.49. The number of aromatic nitrogens is 1. The summed E-state index contributed by atoms with van der Waals surface area (Å²) in [6, 6.07) is 17.1. The quantitative estimate of drug-likeness (QED) is 0.450. The molecule has 0 N–H and O–H groups in total. The maximum atomic E-state index is 13.6. The molecular weight excluding hydrogens is 460 g/mol. The Kier molecular flexibility index (Phi) is 7.38. The number of hydrogen-bond donors (Lipinski definition) is 0. The van der Waals surface area contributed by atoms with Crippen molar-refractivity contribution in [3.05, 3.63) is 94.3 Å². The predicted octanol–water partition coefficient (Wildman–Crippen LogP) is 5.05. The predicted molar refractivity (Wildman–Crippen MR) is 135 cm³/mol. The standard InChI is InChI=1S/C28H32N2O4S/c1-19-18-20(2)22(4)27(21(19)3)35(32,33)30-16-13-24(14-17-30)28(31)34-26(23-10-6-5-7-11-23)25-12-8-9-15-29-25/h5-12,15,18,24,26H,13-14,16-17H2,1-4H3. The van der Waals surface area contributed by atoms with Crippen LogP contribution in [0.15, 0.2) is 65.7 Å². The molecule has 1 saturated heterocycles. The summed E-state index contributed by atoms with van der Waals surface area (Å²) in [5, 5.41) is 0. The third-order valence-corrected chi connectivity index (χ3v) is 9.15. The smallest absolute Gasteiger partial charge is 0.310 e. The molecule has 0 saturated carbocycles. The van der Waals surface area contributed by atoms with Crippen LogP contribution in [-0.4, -0.2) is 36.8 Å². The number of ether oxygens (including phenoxy) is 1. The molecule has 0 bridgehead atoms. The van der Waals surface area contributed by atoms with E-state index in [4.69, 9.17) is 4.74 Å². The molecule has 0 spiro atoms. The van der Waals surface area contributed by atoms with E-state index in [1.807, 2.05) is 82.3 Å². The highest BCUT2D eigenvalue weighted by Gasteiger charge is 2.36. The molecule has 2 heterocycles. The number of pyridine rings is 1. The van der Waals surface area contributed by atoms with Crippen LogP contribution in [0.5, 0.6) is 0 Å². The van der Waals surface area contributed by atoms with E-state index in [9.17, 15) is 13.2 Å². The van der Waals surface area contributed by atoms with Crippen LogP contribution < -0.4 is 0 Å². The number of benzene rings is 2. The highest BCUT2D eigenvalue weighted by molar-refractivity contribution is 7.89. The van der Waals surface area contributed by atoms with Crippen molar-refractivity contribution >= 4 is 16.0 Å². The van der Waals surface area contributed by atoms with E-state index >= 15 is 0 Å². The Morgan fingerprint density at radius 3 is 2.11 bits per heavy atom. The van der Waals surface area contributed by atoms with Crippen LogP contribution in [0.25, 0.3) is 0 Å². The Hall–Kier alpha value is -3.03. The van der Waals surface area contributed by atoms with Crippen LogP contribution in [0.4, 0.5) is 0 Å². The number of hydrogen-bond acceptors (Lipinski definition) is 5. The Labute approximate surface area is 208 Å². The van der Waals surface area contributed by atoms with Crippen LogP contribution in [-0.2, 0) is 19.6 Å². The van der Waals surface area contributed by atoms with Crippen LogP contribution in [0, 0.1) is 33.6 Å². The number of sulfonamides is 1. The van der Waals surface area contributed by atoms with E-state index in [0.29, 0.717) is 23.4 Å². The van der Waals surface area contributed by atoms with E-state index in [2.05, 4.69) is 4.98 Å². The summed E-state index contributed by atoms with van der Waals surface area (Å²) in [5.41, 5.74) is 5.01. The molecule has 184 valence electrons. The van der Waals surface area contributed by atoms with Gasteiger partial charge in [-0.25, -0.2) is 8.42 Å². The zero-order valence-corrected chi connectivity index (χ0v) is 21.5. The van der Waals surface area contributed by atoms with E-state index < -0.39 is 16.1 Å². The molecule has 6 nitrogen and oxygen atoms in total. The lowest BCUT2D eigenvalue weighted by molar-refractivity contribution is -0.154. The minimum absolute atomic E-state index is 0.285. The van der Waals surface area contributed by atoms with Gasteiger partial charge in [0, 0.05) is 19.3 Å². The summed E-state index contributed by atoms with van der Waals surface area (Å²) in [5.74, 6) is -0.682. The van der Waals surface area contributed by atoms with Crippen molar-refractivity contribution in [2.75, 3.05) is 13.1 Å². The van der Waals surface area contributed by atoms with Gasteiger partial charge in [-0.05, 0) is 80.5 Å². The monoisotopic (exact) mass is 492 g/mol. The van der Waals surface area contributed by atoms with Crippen molar-refractivity contribution in [2.45, 2.75) is 51.5 Å². The van der Waals surface area contributed by atoms with Crippen LogP contribution in [0.1, 0.15) is 52.5 Å². The van der Waals surface area contributed by atoms with Crippen LogP contribution >= 0.6 is 0 Å². The first-order chi connectivity index (χ1) is 16.7. The molecule has 1 aliphatic rings. The minimum atomic E-state index is -3.66. The lowest BCUT2D eigenvalue weighted by Gasteiger charge is -2.32. The van der Waals surface area contributed by atoms with E-state index in [0.717, 1.165) is 27.8 Å². The highest BCUT2D eigenvalue weighted by atomic mass is 32.2. The van der Waals surface area contributed by atoms with Gasteiger partial charge < -0.3 is 4.74 Å². The molecule has 2 aromatic carbocycles. The third kappa shape index (κ3) is 5.16. The molecule has 0 aliphatic carbocycles. The van der Waals surface area contributed by atoms with Gasteiger partial charge in [-0.15, -0.1) is 0 Å². The minimum Gasteiger partial charge on any atom is -0.451 e. The molecule has 4 rings (SSSR count). The average molecular weight is 493 g/mol. The molecule has 1 fully saturated rings. The van der Waals surface area contributed by atoms with Crippen molar-refractivity contribution < 1.29 is 17.9 Å². The number of rotatable bonds is 6. The average Bonchev–Trinajstić information content (AvgIpc) is 2.87. The second-order valence-electron chi connectivity index (χ2n) is 9.25. The fourth-order valence-electron chi connectivity index (χ4n) is 4.70. The maximum Gasteiger partial charge on any atom is 0.310 e. The first-order valence-electron chi connectivity index (χ1n) is 11.9. The van der Waals surface area contributed by atoms with Crippen LogP contribution in [0.2, 0.25) is 0 Å². The third-order valence-electron chi connectivity index (χ3n) is 6.98. The molecule has 1 aliphatic heterocycles. The summed E-state index contributed by atoms with van der Waals surface area (Å²) in [6.07, 6.45) is 1.92. The van der Waals surface area contributed by atoms with Gasteiger partial charge in [0.25, 0.3) is 0 Å². The van der Waals surface area contributed by atoms with Crippen molar-refractivity contribution in [3.63, 3.8) is 0 Å². The summed E-state index contributed by atoms with van der Waals surface area (Å²) in [6.45, 7) is 8.17. The van der Waals surface area contributed by atoms with E-state index in [1.54, 1.807) is 6.20 Å². The highest BCUT2D eigenvalue weighted by Crippen LogP contribution is 2.32. The van der Waals surface area contributed by atoms with Gasteiger partial charge in [-0.3, -0.25) is 9.78 Å². The number of piperidine rings is 1. The van der Waals surface area contributed by atoms with Crippen molar-refractivity contribution in [3.8, 4) is 0 Å². The Bertz CT molecular complexity index is 1230. The summed E-state index contributed by atoms with van der Waals surface area (Å²) < 4.78 is 34.6. The number of aryl methyl sites for hydroxylation is 2. The molecule has 0 radical (unpaired) electrons. The molecular formula is C28H32N2O4S. The fraction of sp³-hybridized carbons (Fsp3) is 0.357. The number of carbonyl (C=O) groups is 1. The molecule has 3 aromatic rings. The fourth-order valence-corrected chi connectivity index (χ4v) is 6.74. The second-order valence-corrected chi connectivity index (χ2v) is 11.1. The van der Waals surface area contributed by atoms with Crippen molar-refractivity contribution in [2.24, 2.45) is 5.92 Å². The summed E-state index contributed by atoms with van der Waals surface area (Å²) in [7, 11) is -3.66. The molecule has 35 heavy (non-hydrogen) atoms. The van der Waals surface area contributed by atoms with E-state index in [-0.39, 0.29) is 25.0 Å². The molecule has 1 aromatic heterocycles. The SMILES string of the molecule is Cc1cc(C)c(C)c(S(=O)(=O)N2CCC(C(=O)OC(c3ccccc3)c3ccccn3)CC2)c1C. The number of nitrogens with zero attached hydrogens (tertiary/aromatic N) is 2. The largest absolute Gasteiger partial charge is 0.451 e. The van der Waals surface area contributed by atoms with Gasteiger partial charge in [0.05, 0.1) is 16.5 Å².